The van der Waals surface area contributed by atoms with Gasteiger partial charge >= 0.3 is 0 Å². The Kier molecular flexibility index (Phi) is 3.71. The van der Waals surface area contributed by atoms with Crippen LogP contribution in [0.15, 0.2) is 12.7 Å². The van der Waals surface area contributed by atoms with E-state index >= 15 is 0 Å². The SMILES string of the molecule is C=C[C@H](NC)c1nnc(C)n1C(C)S. The van der Waals surface area contributed by atoms with Crippen molar-refractivity contribution in [3.63, 3.8) is 0 Å². The highest BCUT2D eigenvalue weighted by Gasteiger charge is 2.17. The van der Waals surface area contributed by atoms with Crippen LogP contribution in [0.2, 0.25) is 0 Å². The van der Waals surface area contributed by atoms with Gasteiger partial charge in [0.15, 0.2) is 5.82 Å². The summed E-state index contributed by atoms with van der Waals surface area (Å²) in [6.07, 6.45) is 1.80. The molecule has 1 rings (SSSR count). The van der Waals surface area contributed by atoms with Crippen LogP contribution in [-0.4, -0.2) is 21.8 Å². The second kappa shape index (κ2) is 4.61. The minimum atomic E-state index is 0.0193. The molecule has 1 heterocycles. The van der Waals surface area contributed by atoms with Crippen LogP contribution >= 0.6 is 12.6 Å². The largest absolute Gasteiger partial charge is 0.307 e. The highest BCUT2D eigenvalue weighted by molar-refractivity contribution is 7.80. The van der Waals surface area contributed by atoms with Gasteiger partial charge in [0.05, 0.1) is 11.4 Å². The van der Waals surface area contributed by atoms with Gasteiger partial charge in [-0.15, -0.1) is 16.8 Å². The second-order valence-electron chi connectivity index (χ2n) is 3.11. The van der Waals surface area contributed by atoms with Crippen LogP contribution in [0.25, 0.3) is 0 Å². The maximum absolute atomic E-state index is 4.39. The molecule has 0 spiro atoms. The van der Waals surface area contributed by atoms with E-state index in [-0.39, 0.29) is 11.4 Å². The Morgan fingerprint density at radius 3 is 2.64 bits per heavy atom. The van der Waals surface area contributed by atoms with E-state index in [4.69, 9.17) is 0 Å². The van der Waals surface area contributed by atoms with Crippen molar-refractivity contribution < 1.29 is 0 Å². The minimum Gasteiger partial charge on any atom is -0.307 e. The van der Waals surface area contributed by atoms with Crippen molar-refractivity contribution in [1.29, 1.82) is 0 Å². The molecule has 0 bridgehead atoms. The molecule has 0 aliphatic heterocycles. The van der Waals surface area contributed by atoms with Crippen LogP contribution < -0.4 is 5.32 Å². The highest BCUT2D eigenvalue weighted by Crippen LogP contribution is 2.20. The Hall–Kier alpha value is -0.810. The maximum atomic E-state index is 4.39. The lowest BCUT2D eigenvalue weighted by Gasteiger charge is -2.16. The summed E-state index contributed by atoms with van der Waals surface area (Å²) in [4.78, 5) is 0. The Bertz CT molecular complexity index is 319. The van der Waals surface area contributed by atoms with Crippen molar-refractivity contribution in [2.45, 2.75) is 25.3 Å². The standard InChI is InChI=1S/C9H16N4S/c1-5-8(10-4)9-12-11-6(2)13(9)7(3)14/h5,7-8,10,14H,1H2,2-4H3/t7?,8-/m0/s1. The summed E-state index contributed by atoms with van der Waals surface area (Å²) in [5.74, 6) is 1.71. The quantitative estimate of drug-likeness (QED) is 0.587. The summed E-state index contributed by atoms with van der Waals surface area (Å²) in [5, 5.41) is 11.3. The first-order valence-corrected chi connectivity index (χ1v) is 5.02. The zero-order valence-electron chi connectivity index (χ0n) is 8.73. The van der Waals surface area contributed by atoms with E-state index < -0.39 is 0 Å². The Morgan fingerprint density at radius 2 is 2.21 bits per heavy atom. The van der Waals surface area contributed by atoms with Crippen LogP contribution in [0.4, 0.5) is 0 Å². The average molecular weight is 212 g/mol. The number of nitrogens with one attached hydrogen (secondary N) is 1. The number of aromatic nitrogens is 3. The number of rotatable bonds is 4. The van der Waals surface area contributed by atoms with Crippen LogP contribution in [0, 0.1) is 6.92 Å². The zero-order chi connectivity index (χ0) is 10.7. The van der Waals surface area contributed by atoms with Crippen molar-refractivity contribution in [2.75, 3.05) is 7.05 Å². The van der Waals surface area contributed by atoms with Crippen molar-refractivity contribution >= 4 is 12.6 Å². The average Bonchev–Trinajstić information content (AvgIpc) is 2.50. The maximum Gasteiger partial charge on any atom is 0.155 e. The number of aryl methyl sites for hydroxylation is 1. The highest BCUT2D eigenvalue weighted by atomic mass is 32.1. The molecule has 0 radical (unpaired) electrons. The molecule has 1 aromatic rings. The molecule has 0 amide bonds. The van der Waals surface area contributed by atoms with E-state index in [1.807, 2.05) is 25.5 Å². The summed E-state index contributed by atoms with van der Waals surface area (Å²) in [5.41, 5.74) is 0. The molecular weight excluding hydrogens is 196 g/mol. The van der Waals surface area contributed by atoms with E-state index in [0.29, 0.717) is 0 Å². The fourth-order valence-electron chi connectivity index (χ4n) is 1.41. The van der Waals surface area contributed by atoms with Gasteiger partial charge in [-0.25, -0.2) is 0 Å². The third-order valence-electron chi connectivity index (χ3n) is 2.09. The molecule has 0 aromatic carbocycles. The zero-order valence-corrected chi connectivity index (χ0v) is 9.62. The number of hydrogen-bond donors (Lipinski definition) is 2. The smallest absolute Gasteiger partial charge is 0.155 e. The van der Waals surface area contributed by atoms with Gasteiger partial charge in [-0.2, -0.15) is 12.6 Å². The third kappa shape index (κ3) is 1.99. The van der Waals surface area contributed by atoms with Crippen LogP contribution in [-0.2, 0) is 0 Å². The van der Waals surface area contributed by atoms with Gasteiger partial charge in [0, 0.05) is 0 Å². The number of nitrogens with zero attached hydrogens (tertiary/aromatic N) is 3. The van der Waals surface area contributed by atoms with E-state index in [0.717, 1.165) is 11.6 Å². The minimum absolute atomic E-state index is 0.0193. The lowest BCUT2D eigenvalue weighted by atomic mass is 10.3. The number of thiol groups is 1. The molecule has 0 aliphatic rings. The Balaban J connectivity index is 3.13. The van der Waals surface area contributed by atoms with E-state index in [9.17, 15) is 0 Å². The van der Waals surface area contributed by atoms with Crippen LogP contribution in [0.1, 0.15) is 30.0 Å². The topological polar surface area (TPSA) is 42.7 Å². The second-order valence-corrected chi connectivity index (χ2v) is 3.86. The van der Waals surface area contributed by atoms with Gasteiger partial charge in [-0.05, 0) is 20.9 Å². The lowest BCUT2D eigenvalue weighted by Crippen LogP contribution is -2.19. The van der Waals surface area contributed by atoms with E-state index in [1.165, 1.54) is 0 Å². The third-order valence-corrected chi connectivity index (χ3v) is 2.32. The van der Waals surface area contributed by atoms with Crippen molar-refractivity contribution in [3.05, 3.63) is 24.3 Å². The fraction of sp³-hybridized carbons (Fsp3) is 0.556. The first-order valence-electron chi connectivity index (χ1n) is 4.51. The van der Waals surface area contributed by atoms with E-state index in [2.05, 4.69) is 34.7 Å². The van der Waals surface area contributed by atoms with Crippen molar-refractivity contribution in [2.24, 2.45) is 0 Å². The molecule has 4 nitrogen and oxygen atoms in total. The van der Waals surface area contributed by atoms with Crippen molar-refractivity contribution in [1.82, 2.24) is 20.1 Å². The van der Waals surface area contributed by atoms with Gasteiger partial charge in [0.1, 0.15) is 5.82 Å². The summed E-state index contributed by atoms with van der Waals surface area (Å²) in [7, 11) is 1.86. The van der Waals surface area contributed by atoms with Gasteiger partial charge in [-0.3, -0.25) is 0 Å². The molecule has 14 heavy (non-hydrogen) atoms. The molecular formula is C9H16N4S. The predicted molar refractivity (Wildman–Crippen MR) is 60.5 cm³/mol. The lowest BCUT2D eigenvalue weighted by molar-refractivity contribution is 0.591. The summed E-state index contributed by atoms with van der Waals surface area (Å²) in [6.45, 7) is 7.65. The molecule has 0 saturated carbocycles. The van der Waals surface area contributed by atoms with Gasteiger partial charge in [0.2, 0.25) is 0 Å². The summed E-state index contributed by atoms with van der Waals surface area (Å²) < 4.78 is 1.98. The number of likely N-dealkylation sites (N-methyl/N-ethyl adjacent to an activating group) is 1. The molecule has 2 atom stereocenters. The van der Waals surface area contributed by atoms with Gasteiger partial charge in [-0.1, -0.05) is 6.08 Å². The molecule has 1 N–H and O–H groups in total. The van der Waals surface area contributed by atoms with E-state index in [1.54, 1.807) is 6.08 Å². The number of hydrogen-bond acceptors (Lipinski definition) is 4. The summed E-state index contributed by atoms with van der Waals surface area (Å²) >= 11 is 4.39. The van der Waals surface area contributed by atoms with Gasteiger partial charge < -0.3 is 9.88 Å². The molecule has 1 unspecified atom stereocenters. The molecule has 0 aliphatic carbocycles. The Morgan fingerprint density at radius 1 is 1.57 bits per heavy atom. The monoisotopic (exact) mass is 212 g/mol. The molecule has 0 fully saturated rings. The Labute approximate surface area is 89.8 Å². The normalized spacial score (nSPS) is 15.1. The summed E-state index contributed by atoms with van der Waals surface area (Å²) in [6, 6.07) is 0.0193. The predicted octanol–water partition coefficient (Wildman–Crippen LogP) is 1.48. The fourth-order valence-corrected chi connectivity index (χ4v) is 1.70. The van der Waals surface area contributed by atoms with Gasteiger partial charge in [0.25, 0.3) is 0 Å². The first-order chi connectivity index (χ1) is 6.61. The van der Waals surface area contributed by atoms with Crippen LogP contribution in [0.5, 0.6) is 0 Å². The molecule has 1 aromatic heterocycles. The molecule has 78 valence electrons. The molecule has 5 heteroatoms. The van der Waals surface area contributed by atoms with Crippen molar-refractivity contribution in [3.8, 4) is 0 Å². The first kappa shape index (κ1) is 11.3. The van der Waals surface area contributed by atoms with Crippen LogP contribution in [0.3, 0.4) is 0 Å². The molecule has 0 saturated heterocycles.